The fraction of sp³-hybridized carbons (Fsp3) is 0.500. The average molecular weight is 453 g/mol. The molecule has 1 aromatic heterocycles. The van der Waals surface area contributed by atoms with Gasteiger partial charge in [0.1, 0.15) is 5.75 Å². The monoisotopic (exact) mass is 452 g/mol. The van der Waals surface area contributed by atoms with E-state index in [1.807, 2.05) is 6.07 Å². The van der Waals surface area contributed by atoms with Gasteiger partial charge in [-0.25, -0.2) is 12.7 Å². The standard InChI is InChI=1S/C20H25ClN4O4S/c21-16-1-3-17(4-2-16)29-14-20(26)24-10-7-18(8-11-24)30(27,28)25-12-6-15(13-25)19-5-9-22-23-19/h1-5,9,15,18H,6-8,10-14H2,(H,22,23)/t15-/m1/s1. The van der Waals surface area contributed by atoms with E-state index in [0.29, 0.717) is 49.8 Å². The lowest BCUT2D eigenvalue weighted by Gasteiger charge is -2.33. The van der Waals surface area contributed by atoms with Gasteiger partial charge in [0.25, 0.3) is 5.91 Å². The molecule has 30 heavy (non-hydrogen) atoms. The quantitative estimate of drug-likeness (QED) is 0.725. The molecule has 1 amide bonds. The largest absolute Gasteiger partial charge is 0.484 e. The summed E-state index contributed by atoms with van der Waals surface area (Å²) in [6.45, 7) is 1.78. The second kappa shape index (κ2) is 8.95. The van der Waals surface area contributed by atoms with Crippen molar-refractivity contribution >= 4 is 27.5 Å². The molecule has 162 valence electrons. The number of H-pyrrole nitrogens is 1. The van der Waals surface area contributed by atoms with Crippen molar-refractivity contribution in [1.29, 1.82) is 0 Å². The Morgan fingerprint density at radius 1 is 1.13 bits per heavy atom. The summed E-state index contributed by atoms with van der Waals surface area (Å²) in [5.74, 6) is 0.598. The minimum atomic E-state index is -3.38. The molecule has 1 N–H and O–H groups in total. The number of hydrogen-bond donors (Lipinski definition) is 1. The number of rotatable bonds is 6. The summed E-state index contributed by atoms with van der Waals surface area (Å²) in [6, 6.07) is 8.72. The Morgan fingerprint density at radius 3 is 2.53 bits per heavy atom. The molecule has 0 unspecified atom stereocenters. The van der Waals surface area contributed by atoms with Gasteiger partial charge in [0, 0.05) is 49.0 Å². The van der Waals surface area contributed by atoms with Crippen LogP contribution in [0.4, 0.5) is 0 Å². The van der Waals surface area contributed by atoms with Crippen molar-refractivity contribution < 1.29 is 17.9 Å². The highest BCUT2D eigenvalue weighted by atomic mass is 35.5. The number of piperidine rings is 1. The first-order valence-electron chi connectivity index (χ1n) is 10.1. The second-order valence-electron chi connectivity index (χ2n) is 7.72. The van der Waals surface area contributed by atoms with Gasteiger partial charge in [0.15, 0.2) is 6.61 Å². The summed E-state index contributed by atoms with van der Waals surface area (Å²) < 4.78 is 33.3. The maximum Gasteiger partial charge on any atom is 0.260 e. The zero-order valence-electron chi connectivity index (χ0n) is 16.5. The molecule has 1 atom stereocenters. The van der Waals surface area contributed by atoms with Crippen LogP contribution >= 0.6 is 11.6 Å². The number of nitrogens with zero attached hydrogens (tertiary/aromatic N) is 3. The zero-order valence-corrected chi connectivity index (χ0v) is 18.1. The molecule has 3 heterocycles. The molecule has 2 aliphatic heterocycles. The van der Waals surface area contributed by atoms with Crippen molar-refractivity contribution in [2.24, 2.45) is 0 Å². The van der Waals surface area contributed by atoms with Gasteiger partial charge in [-0.3, -0.25) is 9.89 Å². The Morgan fingerprint density at radius 2 is 1.87 bits per heavy atom. The molecule has 4 rings (SSSR count). The third kappa shape index (κ3) is 4.63. The normalized spacial score (nSPS) is 21.1. The van der Waals surface area contributed by atoms with Gasteiger partial charge < -0.3 is 9.64 Å². The van der Waals surface area contributed by atoms with Crippen molar-refractivity contribution in [2.45, 2.75) is 30.4 Å². The van der Waals surface area contributed by atoms with Gasteiger partial charge in [0.2, 0.25) is 10.0 Å². The highest BCUT2D eigenvalue weighted by Gasteiger charge is 2.39. The van der Waals surface area contributed by atoms with E-state index in [1.165, 1.54) is 0 Å². The molecule has 2 saturated heterocycles. The summed E-state index contributed by atoms with van der Waals surface area (Å²) in [4.78, 5) is 14.1. The van der Waals surface area contributed by atoms with Crippen LogP contribution in [-0.2, 0) is 14.8 Å². The number of carbonyl (C=O) groups is 1. The number of benzene rings is 1. The van der Waals surface area contributed by atoms with Crippen LogP contribution in [0.25, 0.3) is 0 Å². The topological polar surface area (TPSA) is 95.6 Å². The SMILES string of the molecule is O=C(COc1ccc(Cl)cc1)N1CCC(S(=O)(=O)N2CC[C@@H](c3ccn[nH]3)C2)CC1. The Labute approximate surface area is 181 Å². The molecule has 0 saturated carbocycles. The smallest absolute Gasteiger partial charge is 0.260 e. The highest BCUT2D eigenvalue weighted by molar-refractivity contribution is 7.89. The van der Waals surface area contributed by atoms with Crippen molar-refractivity contribution in [3.05, 3.63) is 47.2 Å². The van der Waals surface area contributed by atoms with Crippen LogP contribution in [0.5, 0.6) is 5.75 Å². The van der Waals surface area contributed by atoms with Gasteiger partial charge in [-0.1, -0.05) is 11.6 Å². The number of aromatic nitrogens is 2. The molecule has 2 aliphatic rings. The molecule has 0 radical (unpaired) electrons. The number of hydrogen-bond acceptors (Lipinski definition) is 5. The van der Waals surface area contributed by atoms with Crippen molar-refractivity contribution in [3.8, 4) is 5.75 Å². The molecule has 0 spiro atoms. The molecule has 0 bridgehead atoms. The predicted molar refractivity (Wildman–Crippen MR) is 113 cm³/mol. The molecule has 1 aromatic carbocycles. The van der Waals surface area contributed by atoms with Crippen molar-refractivity contribution in [2.75, 3.05) is 32.8 Å². The molecular weight excluding hydrogens is 428 g/mol. The lowest BCUT2D eigenvalue weighted by Crippen LogP contribution is -2.47. The second-order valence-corrected chi connectivity index (χ2v) is 10.4. The van der Waals surface area contributed by atoms with Crippen LogP contribution in [0, 0.1) is 0 Å². The van der Waals surface area contributed by atoms with Gasteiger partial charge in [0.05, 0.1) is 5.25 Å². The fourth-order valence-corrected chi connectivity index (χ4v) is 6.19. The Hall–Kier alpha value is -2.10. The number of carbonyl (C=O) groups excluding carboxylic acids is 1. The first-order valence-corrected chi connectivity index (χ1v) is 12.0. The molecule has 2 fully saturated rings. The van der Waals surface area contributed by atoms with E-state index in [9.17, 15) is 13.2 Å². The van der Waals surface area contributed by atoms with Crippen LogP contribution in [0.1, 0.15) is 30.9 Å². The van der Waals surface area contributed by atoms with E-state index < -0.39 is 15.3 Å². The van der Waals surface area contributed by atoms with E-state index in [0.717, 1.165) is 12.1 Å². The van der Waals surface area contributed by atoms with Crippen LogP contribution in [0.2, 0.25) is 5.02 Å². The summed E-state index contributed by atoms with van der Waals surface area (Å²) in [6.07, 6.45) is 3.37. The molecular formula is C20H25ClN4O4S. The summed E-state index contributed by atoms with van der Waals surface area (Å²) >= 11 is 5.84. The summed E-state index contributed by atoms with van der Waals surface area (Å²) in [5.41, 5.74) is 0.980. The van der Waals surface area contributed by atoms with Crippen molar-refractivity contribution in [3.63, 3.8) is 0 Å². The van der Waals surface area contributed by atoms with Crippen LogP contribution in [0.3, 0.4) is 0 Å². The van der Waals surface area contributed by atoms with Crippen molar-refractivity contribution in [1.82, 2.24) is 19.4 Å². The lowest BCUT2D eigenvalue weighted by atomic mass is 10.1. The predicted octanol–water partition coefficient (Wildman–Crippen LogP) is 2.25. The summed E-state index contributed by atoms with van der Waals surface area (Å²) in [7, 11) is -3.38. The highest BCUT2D eigenvalue weighted by Crippen LogP contribution is 2.31. The first kappa shape index (κ1) is 21.1. The zero-order chi connectivity index (χ0) is 21.1. The van der Waals surface area contributed by atoms with Gasteiger partial charge in [-0.05, 0) is 49.6 Å². The fourth-order valence-electron chi connectivity index (χ4n) is 4.09. The minimum absolute atomic E-state index is 0.0724. The number of halogens is 1. The van der Waals surface area contributed by atoms with E-state index in [2.05, 4.69) is 10.2 Å². The maximum absolute atomic E-state index is 13.1. The molecule has 2 aromatic rings. The van der Waals surface area contributed by atoms with Gasteiger partial charge >= 0.3 is 0 Å². The van der Waals surface area contributed by atoms with E-state index in [4.69, 9.17) is 16.3 Å². The molecule has 0 aliphatic carbocycles. The van der Waals surface area contributed by atoms with E-state index in [-0.39, 0.29) is 18.4 Å². The van der Waals surface area contributed by atoms with Crippen LogP contribution in [-0.4, -0.2) is 71.8 Å². The average Bonchev–Trinajstić information content (AvgIpc) is 3.45. The number of aromatic amines is 1. The van der Waals surface area contributed by atoms with Crippen LogP contribution < -0.4 is 4.74 Å². The number of likely N-dealkylation sites (tertiary alicyclic amines) is 1. The number of nitrogens with one attached hydrogen (secondary N) is 1. The van der Waals surface area contributed by atoms with E-state index in [1.54, 1.807) is 39.7 Å². The minimum Gasteiger partial charge on any atom is -0.484 e. The third-order valence-corrected chi connectivity index (χ3v) is 8.48. The lowest BCUT2D eigenvalue weighted by molar-refractivity contribution is -0.134. The maximum atomic E-state index is 13.1. The Bertz CT molecular complexity index is 957. The Kier molecular flexibility index (Phi) is 6.31. The first-order chi connectivity index (χ1) is 14.4. The van der Waals surface area contributed by atoms with Gasteiger partial charge in [-0.15, -0.1) is 0 Å². The Balaban J connectivity index is 1.27. The van der Waals surface area contributed by atoms with Crippen LogP contribution in [0.15, 0.2) is 36.5 Å². The van der Waals surface area contributed by atoms with E-state index >= 15 is 0 Å². The number of ether oxygens (including phenoxy) is 1. The third-order valence-electron chi connectivity index (χ3n) is 5.86. The molecule has 10 heteroatoms. The number of amides is 1. The number of sulfonamides is 1. The van der Waals surface area contributed by atoms with Gasteiger partial charge in [-0.2, -0.15) is 5.10 Å². The molecule has 8 nitrogen and oxygen atoms in total. The summed E-state index contributed by atoms with van der Waals surface area (Å²) in [5, 5.41) is 7.06.